The molecule has 0 saturated carbocycles. The molecule has 0 bridgehead atoms. The van der Waals surface area contributed by atoms with Crippen molar-refractivity contribution in [2.24, 2.45) is 5.73 Å². The van der Waals surface area contributed by atoms with Gasteiger partial charge in [0.1, 0.15) is 0 Å². The molecule has 1 unspecified atom stereocenters. The second kappa shape index (κ2) is 5.43. The van der Waals surface area contributed by atoms with Crippen LogP contribution in [-0.4, -0.2) is 4.98 Å². The van der Waals surface area contributed by atoms with Crippen LogP contribution in [0.25, 0.3) is 10.9 Å². The van der Waals surface area contributed by atoms with E-state index in [0.29, 0.717) is 0 Å². The molecule has 2 N–H and O–H groups in total. The summed E-state index contributed by atoms with van der Waals surface area (Å²) in [5.74, 6) is 0. The third-order valence-electron chi connectivity index (χ3n) is 3.74. The summed E-state index contributed by atoms with van der Waals surface area (Å²) in [6.07, 6.45) is 2.73. The smallest absolute Gasteiger partial charge is 0.0702 e. The van der Waals surface area contributed by atoms with Gasteiger partial charge in [-0.1, -0.05) is 42.5 Å². The highest BCUT2D eigenvalue weighted by atomic mass is 14.7. The van der Waals surface area contributed by atoms with E-state index in [2.05, 4.69) is 48.3 Å². The van der Waals surface area contributed by atoms with Crippen molar-refractivity contribution in [1.29, 1.82) is 0 Å². The Morgan fingerprint density at radius 2 is 1.80 bits per heavy atom. The van der Waals surface area contributed by atoms with E-state index >= 15 is 0 Å². The normalized spacial score (nSPS) is 12.5. The van der Waals surface area contributed by atoms with Gasteiger partial charge in [-0.25, -0.2) is 0 Å². The molecule has 3 aromatic rings. The molecule has 0 spiro atoms. The maximum absolute atomic E-state index is 6.35. The monoisotopic (exact) mass is 262 g/mol. The van der Waals surface area contributed by atoms with E-state index in [0.717, 1.165) is 22.9 Å². The Morgan fingerprint density at radius 3 is 2.65 bits per heavy atom. The van der Waals surface area contributed by atoms with Gasteiger partial charge in [0.15, 0.2) is 0 Å². The summed E-state index contributed by atoms with van der Waals surface area (Å²) in [6, 6.07) is 18.6. The zero-order valence-corrected chi connectivity index (χ0v) is 11.6. The van der Waals surface area contributed by atoms with E-state index in [1.54, 1.807) is 0 Å². The summed E-state index contributed by atoms with van der Waals surface area (Å²) in [7, 11) is 0. The zero-order valence-electron chi connectivity index (χ0n) is 11.6. The number of hydrogen-bond donors (Lipinski definition) is 1. The molecule has 3 rings (SSSR count). The highest BCUT2D eigenvalue weighted by molar-refractivity contribution is 5.78. The molecule has 2 nitrogen and oxygen atoms in total. The minimum atomic E-state index is -0.0202. The van der Waals surface area contributed by atoms with Gasteiger partial charge in [0.25, 0.3) is 0 Å². The third-order valence-corrected chi connectivity index (χ3v) is 3.74. The summed E-state index contributed by atoms with van der Waals surface area (Å²) in [5, 5.41) is 1.14. The zero-order chi connectivity index (χ0) is 13.9. The van der Waals surface area contributed by atoms with Gasteiger partial charge >= 0.3 is 0 Å². The Labute approximate surface area is 119 Å². The van der Waals surface area contributed by atoms with Gasteiger partial charge in [0, 0.05) is 17.6 Å². The van der Waals surface area contributed by atoms with Gasteiger partial charge in [-0.15, -0.1) is 0 Å². The molecule has 0 radical (unpaired) electrons. The lowest BCUT2D eigenvalue weighted by atomic mass is 9.97. The number of benzene rings is 2. The molecular formula is C18H18N2. The molecule has 1 atom stereocenters. The molecular weight excluding hydrogens is 244 g/mol. The Bertz CT molecular complexity index is 734. The van der Waals surface area contributed by atoms with Crippen LogP contribution in [0.4, 0.5) is 0 Å². The molecule has 20 heavy (non-hydrogen) atoms. The number of aromatic nitrogens is 1. The van der Waals surface area contributed by atoms with E-state index < -0.39 is 0 Å². The lowest BCUT2D eigenvalue weighted by Gasteiger charge is -2.14. The second-order valence-electron chi connectivity index (χ2n) is 5.20. The molecule has 2 heteroatoms. The summed E-state index contributed by atoms with van der Waals surface area (Å²) in [6.45, 7) is 2.13. The van der Waals surface area contributed by atoms with Gasteiger partial charge in [-0.3, -0.25) is 4.98 Å². The molecule has 0 saturated heterocycles. The molecule has 1 aromatic heterocycles. The van der Waals surface area contributed by atoms with Crippen LogP contribution in [0.5, 0.6) is 0 Å². The SMILES string of the molecule is Cc1ccccc1CC(N)c1cnc2ccccc2c1. The lowest BCUT2D eigenvalue weighted by Crippen LogP contribution is -2.14. The molecule has 0 aliphatic heterocycles. The molecule has 0 aliphatic rings. The fraction of sp³-hybridized carbons (Fsp3) is 0.167. The number of pyridine rings is 1. The maximum atomic E-state index is 6.35. The maximum Gasteiger partial charge on any atom is 0.0702 e. The predicted octanol–water partition coefficient (Wildman–Crippen LogP) is 3.79. The van der Waals surface area contributed by atoms with Gasteiger partial charge in [-0.2, -0.15) is 0 Å². The Morgan fingerprint density at radius 1 is 1.05 bits per heavy atom. The third kappa shape index (κ3) is 2.56. The van der Waals surface area contributed by atoms with E-state index in [9.17, 15) is 0 Å². The van der Waals surface area contributed by atoms with E-state index in [1.165, 1.54) is 11.1 Å². The van der Waals surface area contributed by atoms with Gasteiger partial charge < -0.3 is 5.73 Å². The molecule has 0 fully saturated rings. The number of hydrogen-bond acceptors (Lipinski definition) is 2. The fourth-order valence-electron chi connectivity index (χ4n) is 2.48. The number of para-hydroxylation sites is 1. The van der Waals surface area contributed by atoms with Crippen molar-refractivity contribution in [2.75, 3.05) is 0 Å². The standard InChI is InChI=1S/C18H18N2/c1-13-6-2-3-7-14(13)11-17(19)16-10-15-8-4-5-9-18(15)20-12-16/h2-10,12,17H,11,19H2,1H3. The molecule has 1 heterocycles. The predicted molar refractivity (Wildman–Crippen MR) is 83.6 cm³/mol. The fourth-order valence-corrected chi connectivity index (χ4v) is 2.48. The highest BCUT2D eigenvalue weighted by Crippen LogP contribution is 2.21. The van der Waals surface area contributed by atoms with Crippen LogP contribution in [0, 0.1) is 6.92 Å². The summed E-state index contributed by atoms with van der Waals surface area (Å²) < 4.78 is 0. The Hall–Kier alpha value is -2.19. The van der Waals surface area contributed by atoms with Crippen molar-refractivity contribution >= 4 is 10.9 Å². The molecule has 0 amide bonds. The highest BCUT2D eigenvalue weighted by Gasteiger charge is 2.09. The van der Waals surface area contributed by atoms with Crippen LogP contribution in [0.1, 0.15) is 22.7 Å². The summed E-state index contributed by atoms with van der Waals surface area (Å²) in [4.78, 5) is 4.49. The average Bonchev–Trinajstić information content (AvgIpc) is 2.49. The van der Waals surface area contributed by atoms with Gasteiger partial charge in [0.05, 0.1) is 5.52 Å². The van der Waals surface area contributed by atoms with Crippen molar-refractivity contribution < 1.29 is 0 Å². The van der Waals surface area contributed by atoms with Crippen molar-refractivity contribution in [3.63, 3.8) is 0 Å². The van der Waals surface area contributed by atoms with Crippen LogP contribution in [0.2, 0.25) is 0 Å². The molecule has 2 aromatic carbocycles. The van der Waals surface area contributed by atoms with Gasteiger partial charge in [-0.05, 0) is 42.2 Å². The van der Waals surface area contributed by atoms with Crippen LogP contribution < -0.4 is 5.73 Å². The quantitative estimate of drug-likeness (QED) is 0.780. The minimum absolute atomic E-state index is 0.0202. The largest absolute Gasteiger partial charge is 0.324 e. The van der Waals surface area contributed by atoms with E-state index in [-0.39, 0.29) is 6.04 Å². The van der Waals surface area contributed by atoms with Crippen molar-refractivity contribution in [3.8, 4) is 0 Å². The van der Waals surface area contributed by atoms with Crippen molar-refractivity contribution in [2.45, 2.75) is 19.4 Å². The van der Waals surface area contributed by atoms with Crippen LogP contribution >= 0.6 is 0 Å². The lowest BCUT2D eigenvalue weighted by molar-refractivity contribution is 0.717. The van der Waals surface area contributed by atoms with Crippen molar-refractivity contribution in [3.05, 3.63) is 77.5 Å². The molecule has 100 valence electrons. The average molecular weight is 262 g/mol. The first-order valence-corrected chi connectivity index (χ1v) is 6.89. The first kappa shape index (κ1) is 12.8. The summed E-state index contributed by atoms with van der Waals surface area (Å²) >= 11 is 0. The molecule has 0 aliphatic carbocycles. The first-order valence-electron chi connectivity index (χ1n) is 6.89. The number of rotatable bonds is 3. The van der Waals surface area contributed by atoms with Gasteiger partial charge in [0.2, 0.25) is 0 Å². The summed E-state index contributed by atoms with van der Waals surface area (Å²) in [5.41, 5.74) is 11.0. The van der Waals surface area contributed by atoms with Crippen LogP contribution in [0.15, 0.2) is 60.8 Å². The first-order chi connectivity index (χ1) is 9.74. The Balaban J connectivity index is 1.89. The second-order valence-corrected chi connectivity index (χ2v) is 5.20. The topological polar surface area (TPSA) is 38.9 Å². The van der Waals surface area contributed by atoms with Crippen LogP contribution in [0.3, 0.4) is 0 Å². The van der Waals surface area contributed by atoms with Crippen LogP contribution in [-0.2, 0) is 6.42 Å². The minimum Gasteiger partial charge on any atom is -0.324 e. The number of aryl methyl sites for hydroxylation is 1. The van der Waals surface area contributed by atoms with E-state index in [1.807, 2.05) is 24.4 Å². The Kier molecular flexibility index (Phi) is 3.48. The van der Waals surface area contributed by atoms with E-state index in [4.69, 9.17) is 5.73 Å². The number of nitrogens with two attached hydrogens (primary N) is 1. The van der Waals surface area contributed by atoms with Crippen molar-refractivity contribution in [1.82, 2.24) is 4.98 Å². The number of nitrogens with zero attached hydrogens (tertiary/aromatic N) is 1. The number of fused-ring (bicyclic) bond motifs is 1.